The number of urea groups is 1. The fraction of sp³-hybridized carbons (Fsp3) is 0.500. The summed E-state index contributed by atoms with van der Waals surface area (Å²) in [5.74, 6) is -0.353. The van der Waals surface area contributed by atoms with Crippen LogP contribution in [0.15, 0.2) is 5.38 Å². The van der Waals surface area contributed by atoms with Crippen LogP contribution in [0.4, 0.5) is 9.93 Å². The highest BCUT2D eigenvalue weighted by Gasteiger charge is 2.10. The lowest BCUT2D eigenvalue weighted by molar-refractivity contribution is -0.139. The summed E-state index contributed by atoms with van der Waals surface area (Å²) in [6.45, 7) is 3.73. The molecule has 0 aliphatic carbocycles. The van der Waals surface area contributed by atoms with Gasteiger partial charge in [0.1, 0.15) is 0 Å². The van der Waals surface area contributed by atoms with Crippen molar-refractivity contribution in [2.45, 2.75) is 26.3 Å². The first-order chi connectivity index (χ1) is 8.01. The first-order valence-electron chi connectivity index (χ1n) is 5.10. The van der Waals surface area contributed by atoms with E-state index < -0.39 is 0 Å². The van der Waals surface area contributed by atoms with Crippen LogP contribution in [0.2, 0.25) is 0 Å². The van der Waals surface area contributed by atoms with Gasteiger partial charge in [-0.3, -0.25) is 10.1 Å². The van der Waals surface area contributed by atoms with E-state index in [4.69, 9.17) is 0 Å². The fourth-order valence-corrected chi connectivity index (χ4v) is 1.77. The molecular weight excluding hydrogens is 242 g/mol. The molecule has 1 aromatic rings. The van der Waals surface area contributed by atoms with Gasteiger partial charge >= 0.3 is 12.0 Å². The molecule has 94 valence electrons. The third-order valence-electron chi connectivity index (χ3n) is 1.75. The average molecular weight is 257 g/mol. The molecule has 0 aliphatic heterocycles. The topological polar surface area (TPSA) is 80.3 Å². The van der Waals surface area contributed by atoms with Gasteiger partial charge in [0.25, 0.3) is 0 Å². The summed E-state index contributed by atoms with van der Waals surface area (Å²) >= 11 is 1.27. The molecule has 0 spiro atoms. The highest BCUT2D eigenvalue weighted by atomic mass is 32.1. The zero-order valence-corrected chi connectivity index (χ0v) is 10.8. The highest BCUT2D eigenvalue weighted by molar-refractivity contribution is 7.13. The summed E-state index contributed by atoms with van der Waals surface area (Å²) in [6, 6.07) is -0.247. The predicted octanol–water partition coefficient (Wildman–Crippen LogP) is 1.39. The molecule has 0 atom stereocenters. The Labute approximate surface area is 103 Å². The van der Waals surface area contributed by atoms with Crippen molar-refractivity contribution in [3.05, 3.63) is 11.1 Å². The van der Waals surface area contributed by atoms with Crippen LogP contribution in [0.3, 0.4) is 0 Å². The van der Waals surface area contributed by atoms with Crippen LogP contribution in [0.25, 0.3) is 0 Å². The molecule has 1 rings (SSSR count). The summed E-state index contributed by atoms with van der Waals surface area (Å²) < 4.78 is 4.52. The zero-order chi connectivity index (χ0) is 12.8. The number of anilines is 1. The maximum absolute atomic E-state index is 11.4. The van der Waals surface area contributed by atoms with Crippen LogP contribution in [-0.4, -0.2) is 30.1 Å². The van der Waals surface area contributed by atoms with Gasteiger partial charge in [-0.05, 0) is 13.8 Å². The molecule has 17 heavy (non-hydrogen) atoms. The monoisotopic (exact) mass is 257 g/mol. The number of methoxy groups -OCH3 is 1. The van der Waals surface area contributed by atoms with E-state index in [1.807, 2.05) is 13.8 Å². The van der Waals surface area contributed by atoms with E-state index in [0.29, 0.717) is 10.8 Å². The molecule has 0 aliphatic rings. The first-order valence-corrected chi connectivity index (χ1v) is 5.98. The second-order valence-corrected chi connectivity index (χ2v) is 4.51. The van der Waals surface area contributed by atoms with Crippen molar-refractivity contribution in [2.24, 2.45) is 0 Å². The Morgan fingerprint density at radius 1 is 1.53 bits per heavy atom. The lowest BCUT2D eigenvalue weighted by Gasteiger charge is -2.07. The number of carbonyl (C=O) groups excluding carboxylic acids is 2. The van der Waals surface area contributed by atoms with E-state index in [1.54, 1.807) is 5.38 Å². The van der Waals surface area contributed by atoms with Crippen molar-refractivity contribution < 1.29 is 14.3 Å². The molecule has 0 bridgehead atoms. The molecule has 2 amide bonds. The standard InChI is InChI=1S/C10H15N3O3S/c1-6(2)11-9(15)13-10-12-7(5-17-10)4-8(14)16-3/h5-6H,4H2,1-3H3,(H2,11,12,13,15). The third kappa shape index (κ3) is 4.81. The Balaban J connectivity index is 2.51. The van der Waals surface area contributed by atoms with E-state index in [0.717, 1.165) is 0 Å². The second-order valence-electron chi connectivity index (χ2n) is 3.65. The molecular formula is C10H15N3O3S. The number of ether oxygens (including phenoxy) is 1. The Morgan fingerprint density at radius 3 is 2.82 bits per heavy atom. The molecule has 6 nitrogen and oxygen atoms in total. The van der Waals surface area contributed by atoms with Gasteiger partial charge < -0.3 is 10.1 Å². The molecule has 0 fully saturated rings. The fourth-order valence-electron chi connectivity index (χ4n) is 1.06. The molecule has 1 heterocycles. The minimum absolute atomic E-state index is 0.0597. The average Bonchev–Trinajstić information content (AvgIpc) is 2.63. The molecule has 0 radical (unpaired) electrons. The zero-order valence-electron chi connectivity index (χ0n) is 9.94. The molecule has 1 aromatic heterocycles. The SMILES string of the molecule is COC(=O)Cc1csc(NC(=O)NC(C)C)n1. The number of carbonyl (C=O) groups is 2. The van der Waals surface area contributed by atoms with Crippen molar-refractivity contribution in [2.75, 3.05) is 12.4 Å². The molecule has 2 N–H and O–H groups in total. The maximum atomic E-state index is 11.4. The van der Waals surface area contributed by atoms with Gasteiger partial charge in [0.05, 0.1) is 19.2 Å². The second kappa shape index (κ2) is 6.19. The predicted molar refractivity (Wildman–Crippen MR) is 65.1 cm³/mol. The van der Waals surface area contributed by atoms with Crippen LogP contribution >= 0.6 is 11.3 Å². The number of nitrogens with zero attached hydrogens (tertiary/aromatic N) is 1. The van der Waals surface area contributed by atoms with Crippen LogP contribution in [0.5, 0.6) is 0 Å². The number of hydrogen-bond acceptors (Lipinski definition) is 5. The lowest BCUT2D eigenvalue weighted by atomic mass is 10.3. The van der Waals surface area contributed by atoms with Gasteiger partial charge in [-0.1, -0.05) is 0 Å². The van der Waals surface area contributed by atoms with Crippen molar-refractivity contribution in [1.82, 2.24) is 10.3 Å². The summed E-state index contributed by atoms with van der Waals surface area (Å²) in [5, 5.41) is 7.44. The van der Waals surface area contributed by atoms with E-state index in [2.05, 4.69) is 20.4 Å². The molecule has 0 saturated carbocycles. The Morgan fingerprint density at radius 2 is 2.24 bits per heavy atom. The van der Waals surface area contributed by atoms with Gasteiger partial charge in [-0.2, -0.15) is 0 Å². The molecule has 7 heteroatoms. The van der Waals surface area contributed by atoms with Gasteiger partial charge in [0.2, 0.25) is 0 Å². The van der Waals surface area contributed by atoms with Crippen molar-refractivity contribution in [3.63, 3.8) is 0 Å². The minimum Gasteiger partial charge on any atom is -0.469 e. The van der Waals surface area contributed by atoms with Gasteiger partial charge in [0.15, 0.2) is 5.13 Å². The third-order valence-corrected chi connectivity index (χ3v) is 2.55. The van der Waals surface area contributed by atoms with Crippen LogP contribution in [0, 0.1) is 0 Å². The normalized spacial score (nSPS) is 10.1. The number of rotatable bonds is 4. The van der Waals surface area contributed by atoms with E-state index in [1.165, 1.54) is 18.4 Å². The van der Waals surface area contributed by atoms with Crippen molar-refractivity contribution >= 4 is 28.5 Å². The van der Waals surface area contributed by atoms with Gasteiger partial charge in [-0.15, -0.1) is 11.3 Å². The van der Waals surface area contributed by atoms with Gasteiger partial charge in [0, 0.05) is 11.4 Å². The highest BCUT2D eigenvalue weighted by Crippen LogP contribution is 2.15. The summed E-state index contributed by atoms with van der Waals surface area (Å²) in [7, 11) is 1.32. The number of thiazole rings is 1. The van der Waals surface area contributed by atoms with E-state index >= 15 is 0 Å². The Kier molecular flexibility index (Phi) is 4.89. The van der Waals surface area contributed by atoms with E-state index in [9.17, 15) is 9.59 Å². The minimum atomic E-state index is -0.353. The maximum Gasteiger partial charge on any atom is 0.321 e. The van der Waals surface area contributed by atoms with Crippen LogP contribution in [-0.2, 0) is 16.0 Å². The summed E-state index contributed by atoms with van der Waals surface area (Å²) in [6.07, 6.45) is 0.112. The van der Waals surface area contributed by atoms with Gasteiger partial charge in [-0.25, -0.2) is 9.78 Å². The number of esters is 1. The summed E-state index contributed by atoms with van der Waals surface area (Å²) in [4.78, 5) is 26.5. The number of hydrogen-bond donors (Lipinski definition) is 2. The summed E-state index contributed by atoms with van der Waals surface area (Å²) in [5.41, 5.74) is 0.585. The largest absolute Gasteiger partial charge is 0.469 e. The quantitative estimate of drug-likeness (QED) is 0.799. The van der Waals surface area contributed by atoms with Crippen LogP contribution in [0.1, 0.15) is 19.5 Å². The molecule has 0 aromatic carbocycles. The molecule has 0 saturated heterocycles. The number of nitrogens with one attached hydrogen (secondary N) is 2. The molecule has 0 unspecified atom stereocenters. The lowest BCUT2D eigenvalue weighted by Crippen LogP contribution is -2.34. The van der Waals surface area contributed by atoms with Crippen molar-refractivity contribution in [1.29, 1.82) is 0 Å². The first kappa shape index (κ1) is 13.4. The van der Waals surface area contributed by atoms with Crippen LogP contribution < -0.4 is 10.6 Å². The Hall–Kier alpha value is -1.63. The Bertz CT molecular complexity index is 403. The number of amides is 2. The number of aromatic nitrogens is 1. The smallest absolute Gasteiger partial charge is 0.321 e. The van der Waals surface area contributed by atoms with E-state index in [-0.39, 0.29) is 24.5 Å². The van der Waals surface area contributed by atoms with Crippen molar-refractivity contribution in [3.8, 4) is 0 Å².